The van der Waals surface area contributed by atoms with Crippen molar-refractivity contribution in [2.24, 2.45) is 11.1 Å². The minimum atomic E-state index is -3.75. The van der Waals surface area contributed by atoms with Crippen LogP contribution in [0.5, 0.6) is 5.75 Å². The molecule has 20 heavy (non-hydrogen) atoms. The van der Waals surface area contributed by atoms with Crippen molar-refractivity contribution >= 4 is 21.6 Å². The number of primary sulfonamides is 1. The van der Waals surface area contributed by atoms with Crippen LogP contribution in [0.4, 0.5) is 0 Å². The number of nitrogens with two attached hydrogens (primary N) is 1. The largest absolute Gasteiger partial charge is 0.492 e. The van der Waals surface area contributed by atoms with E-state index < -0.39 is 10.0 Å². The number of sulfonamides is 1. The highest BCUT2D eigenvalue weighted by Gasteiger charge is 2.20. The summed E-state index contributed by atoms with van der Waals surface area (Å²) in [6.07, 6.45) is 3.25. The average Bonchev–Trinajstić information content (AvgIpc) is 2.38. The molecular formula is C13H18ClNO4S. The second-order valence-electron chi connectivity index (χ2n) is 5.12. The highest BCUT2D eigenvalue weighted by Crippen LogP contribution is 2.29. The summed E-state index contributed by atoms with van der Waals surface area (Å²) in [6, 6.07) is 4.18. The molecule has 0 radical (unpaired) electrons. The summed E-state index contributed by atoms with van der Waals surface area (Å²) >= 11 is 5.99. The summed E-state index contributed by atoms with van der Waals surface area (Å²) in [5.41, 5.74) is 0. The van der Waals surface area contributed by atoms with Crippen LogP contribution in [0, 0.1) is 5.92 Å². The number of hydrogen-bond donors (Lipinski definition) is 2. The van der Waals surface area contributed by atoms with Crippen molar-refractivity contribution in [2.45, 2.75) is 36.7 Å². The van der Waals surface area contributed by atoms with Crippen LogP contribution in [-0.4, -0.2) is 26.2 Å². The minimum Gasteiger partial charge on any atom is -0.492 e. The lowest BCUT2D eigenvalue weighted by molar-refractivity contribution is 0.0917. The molecular weight excluding hydrogens is 302 g/mol. The van der Waals surface area contributed by atoms with Gasteiger partial charge in [-0.15, -0.1) is 0 Å². The lowest BCUT2D eigenvalue weighted by Crippen LogP contribution is -2.22. The SMILES string of the molecule is NS(=O)(=O)c1ccc(OC[C@H]2CC[C@H](O)CC2)c(Cl)c1. The molecule has 0 unspecified atom stereocenters. The highest BCUT2D eigenvalue weighted by molar-refractivity contribution is 7.89. The Balaban J connectivity index is 1.97. The zero-order valence-electron chi connectivity index (χ0n) is 11.0. The first kappa shape index (κ1) is 15.6. The summed E-state index contributed by atoms with van der Waals surface area (Å²) in [5, 5.41) is 14.7. The van der Waals surface area contributed by atoms with Gasteiger partial charge in [0.1, 0.15) is 5.75 Å². The van der Waals surface area contributed by atoms with Crippen LogP contribution in [0.2, 0.25) is 5.02 Å². The molecule has 1 saturated carbocycles. The van der Waals surface area contributed by atoms with Crippen LogP contribution >= 0.6 is 11.6 Å². The second kappa shape index (κ2) is 6.30. The van der Waals surface area contributed by atoms with Crippen LogP contribution in [-0.2, 0) is 10.0 Å². The first-order valence-corrected chi connectivity index (χ1v) is 8.42. The van der Waals surface area contributed by atoms with Crippen LogP contribution in [0.15, 0.2) is 23.1 Å². The zero-order valence-corrected chi connectivity index (χ0v) is 12.5. The molecule has 7 heteroatoms. The van der Waals surface area contributed by atoms with Gasteiger partial charge >= 0.3 is 0 Å². The normalized spacial score (nSPS) is 23.6. The van der Waals surface area contributed by atoms with Crippen LogP contribution in [0.1, 0.15) is 25.7 Å². The van der Waals surface area contributed by atoms with Gasteiger partial charge in [-0.05, 0) is 49.8 Å². The molecule has 0 bridgehead atoms. The van der Waals surface area contributed by atoms with E-state index in [9.17, 15) is 13.5 Å². The smallest absolute Gasteiger partial charge is 0.238 e. The molecule has 1 fully saturated rings. The van der Waals surface area contributed by atoms with Crippen molar-refractivity contribution in [1.29, 1.82) is 0 Å². The number of aliphatic hydroxyl groups is 1. The maximum absolute atomic E-state index is 11.2. The molecule has 0 amide bonds. The third-order valence-electron chi connectivity index (χ3n) is 3.52. The van der Waals surface area contributed by atoms with E-state index in [0.29, 0.717) is 18.3 Å². The fourth-order valence-electron chi connectivity index (χ4n) is 2.29. The molecule has 5 nitrogen and oxygen atoms in total. The van der Waals surface area contributed by atoms with E-state index >= 15 is 0 Å². The summed E-state index contributed by atoms with van der Waals surface area (Å²) in [5.74, 6) is 0.845. The minimum absolute atomic E-state index is 0.0318. The van der Waals surface area contributed by atoms with E-state index in [1.54, 1.807) is 0 Å². The van der Waals surface area contributed by atoms with E-state index in [1.165, 1.54) is 18.2 Å². The molecule has 0 atom stereocenters. The second-order valence-corrected chi connectivity index (χ2v) is 7.09. The molecule has 1 aromatic rings. The number of ether oxygens (including phenoxy) is 1. The van der Waals surface area contributed by atoms with Crippen LogP contribution in [0.3, 0.4) is 0 Å². The molecule has 0 aliphatic heterocycles. The molecule has 0 heterocycles. The molecule has 1 aliphatic carbocycles. The van der Waals surface area contributed by atoms with Crippen molar-refractivity contribution in [1.82, 2.24) is 0 Å². The third-order valence-corrected chi connectivity index (χ3v) is 4.73. The fraction of sp³-hybridized carbons (Fsp3) is 0.538. The Morgan fingerprint density at radius 3 is 2.50 bits per heavy atom. The maximum atomic E-state index is 11.2. The van der Waals surface area contributed by atoms with Crippen molar-refractivity contribution in [2.75, 3.05) is 6.61 Å². The number of hydrogen-bond acceptors (Lipinski definition) is 4. The van der Waals surface area contributed by atoms with E-state index in [0.717, 1.165) is 25.7 Å². The zero-order chi connectivity index (χ0) is 14.8. The van der Waals surface area contributed by atoms with Crippen molar-refractivity contribution in [3.05, 3.63) is 23.2 Å². The predicted molar refractivity (Wildman–Crippen MR) is 76.3 cm³/mol. The number of benzene rings is 1. The quantitative estimate of drug-likeness (QED) is 0.887. The lowest BCUT2D eigenvalue weighted by atomic mass is 9.88. The molecule has 1 aliphatic rings. The number of rotatable bonds is 4. The summed E-state index contributed by atoms with van der Waals surface area (Å²) in [7, 11) is -3.75. The van der Waals surface area contributed by atoms with Gasteiger partial charge in [-0.1, -0.05) is 11.6 Å². The maximum Gasteiger partial charge on any atom is 0.238 e. The van der Waals surface area contributed by atoms with Gasteiger partial charge in [0.2, 0.25) is 10.0 Å². The number of halogens is 1. The van der Waals surface area contributed by atoms with Crippen LogP contribution in [0.25, 0.3) is 0 Å². The lowest BCUT2D eigenvalue weighted by Gasteiger charge is -2.25. The molecule has 0 aromatic heterocycles. The summed E-state index contributed by atoms with van der Waals surface area (Å²) in [4.78, 5) is -0.0318. The first-order chi connectivity index (χ1) is 9.36. The Hall–Kier alpha value is -0.820. The molecule has 112 valence electrons. The van der Waals surface area contributed by atoms with Gasteiger partial charge in [0.25, 0.3) is 0 Å². The van der Waals surface area contributed by atoms with Gasteiger partial charge in [0, 0.05) is 0 Å². The Labute approximate surface area is 123 Å². The van der Waals surface area contributed by atoms with E-state index in [2.05, 4.69) is 0 Å². The summed E-state index contributed by atoms with van der Waals surface area (Å²) < 4.78 is 28.0. The van der Waals surface area contributed by atoms with Crippen molar-refractivity contribution < 1.29 is 18.3 Å². The first-order valence-electron chi connectivity index (χ1n) is 6.49. The topological polar surface area (TPSA) is 89.6 Å². The van der Waals surface area contributed by atoms with Gasteiger partial charge in [0.05, 0.1) is 22.6 Å². The van der Waals surface area contributed by atoms with Crippen molar-refractivity contribution in [3.63, 3.8) is 0 Å². The molecule has 3 N–H and O–H groups in total. The van der Waals surface area contributed by atoms with Gasteiger partial charge in [-0.25, -0.2) is 13.6 Å². The van der Waals surface area contributed by atoms with E-state index in [1.807, 2.05) is 0 Å². The van der Waals surface area contributed by atoms with Crippen molar-refractivity contribution in [3.8, 4) is 5.75 Å². The molecule has 1 aromatic carbocycles. The van der Waals surface area contributed by atoms with Gasteiger partial charge in [-0.3, -0.25) is 0 Å². The third kappa shape index (κ3) is 4.09. The molecule has 0 saturated heterocycles. The van der Waals surface area contributed by atoms with Gasteiger partial charge in [-0.2, -0.15) is 0 Å². The predicted octanol–water partition coefficient (Wildman–Crippen LogP) is 1.92. The standard InChI is InChI=1S/C13H18ClNO4S/c14-12-7-11(20(15,17)18)5-6-13(12)19-8-9-1-3-10(16)4-2-9/h5-7,9-10,16H,1-4,8H2,(H2,15,17,18)/t9-,10-. The fourth-order valence-corrected chi connectivity index (χ4v) is 3.13. The Morgan fingerprint density at radius 1 is 1.30 bits per heavy atom. The molecule has 0 spiro atoms. The Kier molecular flexibility index (Phi) is 4.90. The van der Waals surface area contributed by atoms with Gasteiger partial charge in [0.15, 0.2) is 0 Å². The van der Waals surface area contributed by atoms with E-state index in [4.69, 9.17) is 21.5 Å². The van der Waals surface area contributed by atoms with E-state index in [-0.39, 0.29) is 16.0 Å². The summed E-state index contributed by atoms with van der Waals surface area (Å²) in [6.45, 7) is 0.515. The highest BCUT2D eigenvalue weighted by atomic mass is 35.5. The average molecular weight is 320 g/mol. The number of aliphatic hydroxyl groups excluding tert-OH is 1. The Bertz CT molecular complexity index is 568. The van der Waals surface area contributed by atoms with Gasteiger partial charge < -0.3 is 9.84 Å². The Morgan fingerprint density at radius 2 is 1.95 bits per heavy atom. The molecule has 2 rings (SSSR count). The van der Waals surface area contributed by atoms with Crippen LogP contribution < -0.4 is 9.88 Å². The monoisotopic (exact) mass is 319 g/mol.